The number of hydrogen-bond acceptors (Lipinski definition) is 4. The topological polar surface area (TPSA) is 76.0 Å². The molecule has 5 nitrogen and oxygen atoms in total. The summed E-state index contributed by atoms with van der Waals surface area (Å²) in [5, 5.41) is 8.67. The van der Waals surface area contributed by atoms with Crippen LogP contribution in [0.5, 0.6) is 0 Å². The first-order valence-electron chi connectivity index (χ1n) is 3.36. The van der Waals surface area contributed by atoms with Crippen molar-refractivity contribution in [2.75, 3.05) is 13.2 Å². The van der Waals surface area contributed by atoms with Crippen molar-refractivity contribution >= 4 is 8.25 Å². The van der Waals surface area contributed by atoms with E-state index in [0.717, 1.165) is 0 Å². The van der Waals surface area contributed by atoms with Gasteiger partial charge in [-0.3, -0.25) is 4.57 Å². The number of hydrogen-bond donors (Lipinski definition) is 2. The van der Waals surface area contributed by atoms with Gasteiger partial charge in [0, 0.05) is 13.0 Å². The van der Waals surface area contributed by atoms with Gasteiger partial charge in [-0.1, -0.05) is 0 Å². The summed E-state index contributed by atoms with van der Waals surface area (Å²) in [6, 6.07) is 0. The summed E-state index contributed by atoms with van der Waals surface area (Å²) >= 11 is 0. The molecule has 1 heterocycles. The lowest BCUT2D eigenvalue weighted by molar-refractivity contribution is 0.0121. The minimum absolute atomic E-state index is 0.167. The van der Waals surface area contributed by atoms with Gasteiger partial charge >= 0.3 is 8.25 Å². The number of rotatable bonds is 3. The summed E-state index contributed by atoms with van der Waals surface area (Å²) in [5.41, 5.74) is 0. The van der Waals surface area contributed by atoms with Gasteiger partial charge in [-0.05, 0) is 0 Å². The van der Waals surface area contributed by atoms with E-state index in [9.17, 15) is 4.57 Å². The van der Waals surface area contributed by atoms with Gasteiger partial charge in [0.2, 0.25) is 0 Å². The smallest absolute Gasteiger partial charge is 0.316 e. The molecule has 0 radical (unpaired) electrons. The van der Waals surface area contributed by atoms with Gasteiger partial charge in [0.1, 0.15) is 6.10 Å². The van der Waals surface area contributed by atoms with Gasteiger partial charge in [-0.25, -0.2) is 0 Å². The predicted molar refractivity (Wildman–Crippen MR) is 37.5 cm³/mol. The van der Waals surface area contributed by atoms with Crippen LogP contribution in [0.25, 0.3) is 0 Å². The number of aliphatic hydroxyl groups excluding tert-OH is 1. The van der Waals surface area contributed by atoms with Crippen LogP contribution in [0.1, 0.15) is 6.42 Å². The fraction of sp³-hybridized carbons (Fsp3) is 1.00. The molecule has 0 saturated carbocycles. The van der Waals surface area contributed by atoms with Gasteiger partial charge in [0.05, 0.1) is 12.7 Å². The molecule has 0 amide bonds. The van der Waals surface area contributed by atoms with E-state index in [1.54, 1.807) is 0 Å². The maximum absolute atomic E-state index is 10.2. The van der Waals surface area contributed by atoms with Crippen LogP contribution in [-0.2, 0) is 13.8 Å². The van der Waals surface area contributed by atoms with E-state index in [0.29, 0.717) is 13.0 Å². The Bertz CT molecular complexity index is 150. The van der Waals surface area contributed by atoms with Crippen LogP contribution in [0.4, 0.5) is 0 Å². The fourth-order valence-corrected chi connectivity index (χ4v) is 1.59. The third kappa shape index (κ3) is 2.54. The molecule has 0 aromatic carbocycles. The van der Waals surface area contributed by atoms with E-state index in [4.69, 9.17) is 14.7 Å². The molecule has 2 N–H and O–H groups in total. The van der Waals surface area contributed by atoms with Crippen LogP contribution in [0.3, 0.4) is 0 Å². The van der Waals surface area contributed by atoms with Crippen molar-refractivity contribution in [3.05, 3.63) is 0 Å². The van der Waals surface area contributed by atoms with E-state index < -0.39 is 20.5 Å². The molecular formula is C5H11O5P. The SMILES string of the molecule is O=[PH](O)OC1CCOC1CO. The Kier molecular flexibility index (Phi) is 3.48. The molecule has 1 aliphatic heterocycles. The maximum Gasteiger partial charge on any atom is 0.316 e. The molecule has 0 bridgehead atoms. The fourth-order valence-electron chi connectivity index (χ4n) is 1.06. The summed E-state index contributed by atoms with van der Waals surface area (Å²) in [7, 11) is -2.90. The largest absolute Gasteiger partial charge is 0.394 e. The van der Waals surface area contributed by atoms with Gasteiger partial charge < -0.3 is 19.3 Å². The zero-order valence-corrected chi connectivity index (χ0v) is 6.90. The third-order valence-electron chi connectivity index (χ3n) is 1.58. The van der Waals surface area contributed by atoms with E-state index in [1.165, 1.54) is 0 Å². The molecule has 1 aliphatic rings. The Balaban J connectivity index is 2.37. The monoisotopic (exact) mass is 182 g/mol. The first kappa shape index (κ1) is 9.16. The Morgan fingerprint density at radius 2 is 2.45 bits per heavy atom. The van der Waals surface area contributed by atoms with Crippen molar-refractivity contribution in [3.8, 4) is 0 Å². The molecule has 66 valence electrons. The van der Waals surface area contributed by atoms with E-state index in [-0.39, 0.29) is 6.61 Å². The summed E-state index contributed by atoms with van der Waals surface area (Å²) in [6.07, 6.45) is -0.283. The third-order valence-corrected chi connectivity index (χ3v) is 2.09. The van der Waals surface area contributed by atoms with Crippen molar-refractivity contribution in [3.63, 3.8) is 0 Å². The number of ether oxygens (including phenoxy) is 1. The summed E-state index contributed by atoms with van der Waals surface area (Å²) in [6.45, 7) is 0.310. The second-order valence-electron chi connectivity index (χ2n) is 2.30. The van der Waals surface area contributed by atoms with Crippen LogP contribution in [0.15, 0.2) is 0 Å². The molecule has 6 heteroatoms. The highest BCUT2D eigenvalue weighted by Crippen LogP contribution is 2.26. The van der Waals surface area contributed by atoms with Crippen molar-refractivity contribution in [2.45, 2.75) is 18.6 Å². The van der Waals surface area contributed by atoms with Gasteiger partial charge in [-0.15, -0.1) is 0 Å². The lowest BCUT2D eigenvalue weighted by Crippen LogP contribution is -2.25. The average Bonchev–Trinajstić information content (AvgIpc) is 2.34. The summed E-state index contributed by atoms with van der Waals surface area (Å²) in [5.74, 6) is 0. The van der Waals surface area contributed by atoms with Crippen LogP contribution >= 0.6 is 8.25 Å². The molecule has 0 aromatic heterocycles. The number of aliphatic hydroxyl groups is 1. The Morgan fingerprint density at radius 1 is 1.73 bits per heavy atom. The van der Waals surface area contributed by atoms with Crippen LogP contribution < -0.4 is 0 Å². The molecule has 3 unspecified atom stereocenters. The Hall–Kier alpha value is 0.0700. The second-order valence-corrected chi connectivity index (χ2v) is 3.07. The zero-order valence-electron chi connectivity index (χ0n) is 5.90. The first-order valence-corrected chi connectivity index (χ1v) is 4.62. The van der Waals surface area contributed by atoms with Crippen molar-refractivity contribution in [2.24, 2.45) is 0 Å². The molecule has 1 saturated heterocycles. The lowest BCUT2D eigenvalue weighted by atomic mass is 10.2. The molecule has 0 spiro atoms. The van der Waals surface area contributed by atoms with Crippen LogP contribution in [0.2, 0.25) is 0 Å². The van der Waals surface area contributed by atoms with E-state index in [1.807, 2.05) is 0 Å². The normalized spacial score (nSPS) is 34.0. The first-order chi connectivity index (χ1) is 5.24. The maximum atomic E-state index is 10.2. The van der Waals surface area contributed by atoms with Gasteiger partial charge in [0.15, 0.2) is 0 Å². The molecule has 3 atom stereocenters. The van der Waals surface area contributed by atoms with E-state index >= 15 is 0 Å². The molecule has 0 aliphatic carbocycles. The highest BCUT2D eigenvalue weighted by Gasteiger charge is 2.29. The summed E-state index contributed by atoms with van der Waals surface area (Å²) < 4.78 is 19.9. The lowest BCUT2D eigenvalue weighted by Gasteiger charge is -2.13. The van der Waals surface area contributed by atoms with Gasteiger partial charge in [0.25, 0.3) is 0 Å². The zero-order chi connectivity index (χ0) is 8.27. The minimum Gasteiger partial charge on any atom is -0.394 e. The predicted octanol–water partition coefficient (Wildman–Crippen LogP) is -0.465. The van der Waals surface area contributed by atoms with Crippen LogP contribution in [0, 0.1) is 0 Å². The molecule has 1 rings (SSSR count). The Morgan fingerprint density at radius 3 is 3.00 bits per heavy atom. The highest BCUT2D eigenvalue weighted by atomic mass is 31.1. The Labute approximate surface area is 64.9 Å². The molecule has 11 heavy (non-hydrogen) atoms. The standard InChI is InChI=1S/C5H11O5P/c6-3-5-4(1-2-9-5)10-11(7)8/h4-6,11H,1-3H2,(H,7,8). The highest BCUT2D eigenvalue weighted by molar-refractivity contribution is 7.32. The second kappa shape index (κ2) is 4.18. The quantitative estimate of drug-likeness (QED) is 0.577. The molecular weight excluding hydrogens is 171 g/mol. The van der Waals surface area contributed by atoms with Gasteiger partial charge in [-0.2, -0.15) is 0 Å². The minimum atomic E-state index is -2.90. The summed E-state index contributed by atoms with van der Waals surface area (Å²) in [4.78, 5) is 8.41. The average molecular weight is 182 g/mol. The van der Waals surface area contributed by atoms with Crippen molar-refractivity contribution < 1.29 is 23.8 Å². The van der Waals surface area contributed by atoms with E-state index in [2.05, 4.69) is 4.52 Å². The van der Waals surface area contributed by atoms with Crippen molar-refractivity contribution in [1.82, 2.24) is 0 Å². The van der Waals surface area contributed by atoms with Crippen LogP contribution in [-0.4, -0.2) is 35.4 Å². The molecule has 1 fully saturated rings. The van der Waals surface area contributed by atoms with Crippen molar-refractivity contribution in [1.29, 1.82) is 0 Å². The molecule has 0 aromatic rings.